The molecule has 34 heavy (non-hydrogen) atoms. The van der Waals surface area contributed by atoms with Crippen molar-refractivity contribution < 1.29 is 9.59 Å². The number of carbonyl (C=O) groups is 2. The van der Waals surface area contributed by atoms with Gasteiger partial charge in [-0.3, -0.25) is 14.4 Å². The Hall–Kier alpha value is -3.66. The third-order valence-corrected chi connectivity index (χ3v) is 6.31. The highest BCUT2D eigenvalue weighted by Gasteiger charge is 2.20. The summed E-state index contributed by atoms with van der Waals surface area (Å²) in [5.41, 5.74) is 3.38. The molecule has 0 radical (unpaired) electrons. The van der Waals surface area contributed by atoms with Crippen LogP contribution in [0.4, 0.5) is 0 Å². The molecule has 1 atom stereocenters. The van der Waals surface area contributed by atoms with Crippen LogP contribution in [0, 0.1) is 11.3 Å². The number of nitriles is 1. The number of pyridine rings is 1. The molecular formula is C26H19Cl2N3O3. The summed E-state index contributed by atoms with van der Waals surface area (Å²) in [7, 11) is 0. The molecule has 0 saturated heterocycles. The van der Waals surface area contributed by atoms with Crippen molar-refractivity contribution in [2.75, 3.05) is 6.54 Å². The SMILES string of the molecule is CC(C(=O)Cc1ccc(C2=CC(=O)NC2)cc1)n1cc(Cl)c(-c2cc(Cl)ccc2C#N)cc1=O. The number of amides is 1. The van der Waals surface area contributed by atoms with E-state index in [1.165, 1.54) is 16.8 Å². The second kappa shape index (κ2) is 9.68. The lowest BCUT2D eigenvalue weighted by Crippen LogP contribution is -2.28. The van der Waals surface area contributed by atoms with Crippen molar-refractivity contribution in [3.63, 3.8) is 0 Å². The summed E-state index contributed by atoms with van der Waals surface area (Å²) in [6.07, 6.45) is 3.12. The standard InChI is InChI=1S/C26H19Cl2N3O3/c1-15(24(32)8-16-2-4-17(5-3-16)19-9-25(33)30-13-19)31-14-23(28)22(11-26(31)34)21-10-20(27)7-6-18(21)12-29/h2-7,9-11,14-15H,8,13H2,1H3,(H,30,33). The first-order valence-corrected chi connectivity index (χ1v) is 11.2. The molecule has 4 rings (SSSR count). The van der Waals surface area contributed by atoms with E-state index in [1.807, 2.05) is 24.3 Å². The second-order valence-corrected chi connectivity index (χ2v) is 8.83. The van der Waals surface area contributed by atoms with E-state index in [4.69, 9.17) is 23.2 Å². The van der Waals surface area contributed by atoms with Gasteiger partial charge in [0.2, 0.25) is 5.91 Å². The van der Waals surface area contributed by atoms with Crippen molar-refractivity contribution in [3.05, 3.63) is 97.9 Å². The molecule has 170 valence electrons. The largest absolute Gasteiger partial charge is 0.348 e. The molecule has 1 aliphatic rings. The summed E-state index contributed by atoms with van der Waals surface area (Å²) in [6, 6.07) is 14.8. The maximum Gasteiger partial charge on any atom is 0.251 e. The molecular weight excluding hydrogens is 473 g/mol. The summed E-state index contributed by atoms with van der Waals surface area (Å²) < 4.78 is 1.29. The number of nitrogens with one attached hydrogen (secondary N) is 1. The van der Waals surface area contributed by atoms with Crippen molar-refractivity contribution in [2.45, 2.75) is 19.4 Å². The molecule has 0 bridgehead atoms. The van der Waals surface area contributed by atoms with E-state index < -0.39 is 11.6 Å². The molecule has 1 amide bonds. The highest BCUT2D eigenvalue weighted by atomic mass is 35.5. The van der Waals surface area contributed by atoms with E-state index >= 15 is 0 Å². The maximum absolute atomic E-state index is 12.9. The van der Waals surface area contributed by atoms with Gasteiger partial charge in [-0.05, 0) is 41.8 Å². The first kappa shape index (κ1) is 23.5. The van der Waals surface area contributed by atoms with Crippen LogP contribution in [0.15, 0.2) is 65.6 Å². The third-order valence-electron chi connectivity index (χ3n) is 5.77. The Labute approximate surface area is 206 Å². The van der Waals surface area contributed by atoms with Gasteiger partial charge >= 0.3 is 0 Å². The Morgan fingerprint density at radius 2 is 1.85 bits per heavy atom. The van der Waals surface area contributed by atoms with Crippen LogP contribution >= 0.6 is 23.2 Å². The first-order valence-electron chi connectivity index (χ1n) is 10.5. The topological polar surface area (TPSA) is 92.0 Å². The zero-order valence-corrected chi connectivity index (χ0v) is 19.7. The molecule has 0 fully saturated rings. The highest BCUT2D eigenvalue weighted by Crippen LogP contribution is 2.31. The number of nitrogens with zero attached hydrogens (tertiary/aromatic N) is 2. The van der Waals surface area contributed by atoms with Gasteiger partial charge in [0.25, 0.3) is 5.56 Å². The number of hydrogen-bond acceptors (Lipinski definition) is 4. The molecule has 1 unspecified atom stereocenters. The maximum atomic E-state index is 12.9. The van der Waals surface area contributed by atoms with Crippen LogP contribution in [0.25, 0.3) is 16.7 Å². The van der Waals surface area contributed by atoms with Crippen LogP contribution in [-0.2, 0) is 16.0 Å². The van der Waals surface area contributed by atoms with Gasteiger partial charge in [-0.2, -0.15) is 5.26 Å². The molecule has 1 N–H and O–H groups in total. The van der Waals surface area contributed by atoms with Crippen LogP contribution in [-0.4, -0.2) is 22.8 Å². The van der Waals surface area contributed by atoms with E-state index in [-0.39, 0.29) is 23.1 Å². The molecule has 0 saturated carbocycles. The van der Waals surface area contributed by atoms with Crippen LogP contribution in [0.3, 0.4) is 0 Å². The van der Waals surface area contributed by atoms with Crippen molar-refractivity contribution in [1.82, 2.24) is 9.88 Å². The summed E-state index contributed by atoms with van der Waals surface area (Å²) >= 11 is 12.5. The summed E-state index contributed by atoms with van der Waals surface area (Å²) in [5.74, 6) is -0.270. The van der Waals surface area contributed by atoms with Gasteiger partial charge in [-0.25, -0.2) is 0 Å². The van der Waals surface area contributed by atoms with E-state index in [2.05, 4.69) is 11.4 Å². The molecule has 8 heteroatoms. The van der Waals surface area contributed by atoms with Crippen molar-refractivity contribution >= 4 is 40.5 Å². The van der Waals surface area contributed by atoms with Crippen molar-refractivity contribution in [3.8, 4) is 17.2 Å². The van der Waals surface area contributed by atoms with E-state index in [1.54, 1.807) is 31.2 Å². The average Bonchev–Trinajstić information content (AvgIpc) is 3.26. The normalized spacial score (nSPS) is 13.7. The minimum Gasteiger partial charge on any atom is -0.348 e. The average molecular weight is 492 g/mol. The predicted molar refractivity (Wildman–Crippen MR) is 132 cm³/mol. The molecule has 2 aromatic carbocycles. The quantitative estimate of drug-likeness (QED) is 0.546. The fourth-order valence-corrected chi connectivity index (χ4v) is 4.27. The van der Waals surface area contributed by atoms with Crippen molar-refractivity contribution in [2.24, 2.45) is 0 Å². The number of ketones is 1. The smallest absolute Gasteiger partial charge is 0.251 e. The van der Waals surface area contributed by atoms with E-state index in [0.717, 1.165) is 16.7 Å². The number of rotatable bonds is 6. The summed E-state index contributed by atoms with van der Waals surface area (Å²) in [5, 5.41) is 12.8. The van der Waals surface area contributed by atoms with Gasteiger partial charge in [-0.15, -0.1) is 0 Å². The van der Waals surface area contributed by atoms with Crippen LogP contribution in [0.1, 0.15) is 29.7 Å². The fourth-order valence-electron chi connectivity index (χ4n) is 3.84. The highest BCUT2D eigenvalue weighted by molar-refractivity contribution is 6.33. The molecule has 1 aromatic heterocycles. The molecule has 6 nitrogen and oxygen atoms in total. The number of benzene rings is 2. The zero-order valence-electron chi connectivity index (χ0n) is 18.1. The number of carbonyl (C=O) groups excluding carboxylic acids is 2. The Bertz CT molecular complexity index is 1430. The molecule has 0 aliphatic carbocycles. The number of halogens is 2. The number of aromatic nitrogens is 1. The van der Waals surface area contributed by atoms with Crippen LogP contribution < -0.4 is 10.9 Å². The molecule has 3 aromatic rings. The van der Waals surface area contributed by atoms with Crippen molar-refractivity contribution in [1.29, 1.82) is 5.26 Å². The Kier molecular flexibility index (Phi) is 6.69. The van der Waals surface area contributed by atoms with Gasteiger partial charge in [0.15, 0.2) is 5.78 Å². The first-order chi connectivity index (χ1) is 16.3. The lowest BCUT2D eigenvalue weighted by atomic mass is 9.99. The summed E-state index contributed by atoms with van der Waals surface area (Å²) in [4.78, 5) is 37.2. The number of Topliss-reactive ketones (excluding diaryl/α,β-unsaturated/α-hetero) is 1. The third kappa shape index (κ3) is 4.81. The van der Waals surface area contributed by atoms with Crippen LogP contribution in [0.5, 0.6) is 0 Å². The van der Waals surface area contributed by atoms with E-state index in [9.17, 15) is 19.6 Å². The summed E-state index contributed by atoms with van der Waals surface area (Å²) in [6.45, 7) is 2.13. The Morgan fingerprint density at radius 1 is 1.12 bits per heavy atom. The lowest BCUT2D eigenvalue weighted by molar-refractivity contribution is -0.121. The molecule has 1 aliphatic heterocycles. The van der Waals surface area contributed by atoms with E-state index in [0.29, 0.717) is 28.3 Å². The van der Waals surface area contributed by atoms with Gasteiger partial charge in [-0.1, -0.05) is 47.5 Å². The van der Waals surface area contributed by atoms with Gasteiger partial charge in [0.1, 0.15) is 0 Å². The van der Waals surface area contributed by atoms with Gasteiger partial charge in [0.05, 0.1) is 22.7 Å². The number of hydrogen-bond donors (Lipinski definition) is 1. The molecule has 0 spiro atoms. The predicted octanol–water partition coefficient (Wildman–Crippen LogP) is 4.58. The Balaban J connectivity index is 1.55. The molecule has 2 heterocycles. The minimum atomic E-state index is -0.743. The monoisotopic (exact) mass is 491 g/mol. The second-order valence-electron chi connectivity index (χ2n) is 7.99. The minimum absolute atomic E-state index is 0.114. The lowest BCUT2D eigenvalue weighted by Gasteiger charge is -2.16. The fraction of sp³-hybridized carbons (Fsp3) is 0.154. The Morgan fingerprint density at radius 3 is 2.50 bits per heavy atom. The van der Waals surface area contributed by atoms with Gasteiger partial charge < -0.3 is 9.88 Å². The zero-order chi connectivity index (χ0) is 24.4. The van der Waals surface area contributed by atoms with Crippen LogP contribution in [0.2, 0.25) is 10.0 Å². The van der Waals surface area contributed by atoms with Gasteiger partial charge in [0, 0.05) is 47.5 Å².